The van der Waals surface area contributed by atoms with Gasteiger partial charge in [0.1, 0.15) is 17.4 Å². The van der Waals surface area contributed by atoms with E-state index in [1.165, 1.54) is 9.91 Å². The summed E-state index contributed by atoms with van der Waals surface area (Å²) in [7, 11) is 0. The highest BCUT2D eigenvalue weighted by atomic mass is 19.3. The van der Waals surface area contributed by atoms with Crippen LogP contribution in [0.25, 0.3) is 0 Å². The van der Waals surface area contributed by atoms with E-state index in [0.29, 0.717) is 0 Å². The summed E-state index contributed by atoms with van der Waals surface area (Å²) < 4.78 is 64.9. The highest BCUT2D eigenvalue weighted by Crippen LogP contribution is 2.31. The molecule has 0 aliphatic carbocycles. The molecule has 14 heteroatoms. The first kappa shape index (κ1) is 26.3. The van der Waals surface area contributed by atoms with E-state index in [9.17, 15) is 23.2 Å². The zero-order chi connectivity index (χ0) is 25.9. The molecular formula is C21H27F4N5O5. The Morgan fingerprint density at radius 1 is 1.20 bits per heavy atom. The third-order valence-electron chi connectivity index (χ3n) is 5.10. The molecule has 0 saturated carbocycles. The van der Waals surface area contributed by atoms with Crippen LogP contribution in [-0.4, -0.2) is 80.5 Å². The van der Waals surface area contributed by atoms with E-state index < -0.39 is 47.9 Å². The number of amides is 3. The van der Waals surface area contributed by atoms with Crippen LogP contribution in [0.1, 0.15) is 20.8 Å². The first-order valence-electron chi connectivity index (χ1n) is 10.9. The van der Waals surface area contributed by atoms with Crippen molar-refractivity contribution in [3.63, 3.8) is 0 Å². The van der Waals surface area contributed by atoms with Crippen molar-refractivity contribution >= 4 is 29.5 Å². The van der Waals surface area contributed by atoms with Crippen molar-refractivity contribution in [1.82, 2.24) is 15.8 Å². The fraction of sp³-hybridized carbons (Fsp3) is 0.571. The van der Waals surface area contributed by atoms with Gasteiger partial charge in [0.2, 0.25) is 0 Å². The Hall–Kier alpha value is -3.29. The Bertz CT molecular complexity index is 951. The number of rotatable bonds is 5. The van der Waals surface area contributed by atoms with Crippen molar-refractivity contribution < 1.29 is 41.4 Å². The number of nitrogens with one attached hydrogen (secondary N) is 2. The van der Waals surface area contributed by atoms with Crippen LogP contribution >= 0.6 is 0 Å². The predicted octanol–water partition coefficient (Wildman–Crippen LogP) is 2.23. The lowest BCUT2D eigenvalue weighted by Gasteiger charge is -2.27. The molecule has 2 saturated heterocycles. The van der Waals surface area contributed by atoms with E-state index >= 15 is 8.78 Å². The number of nitrogens with zero attached hydrogens (tertiary/aromatic N) is 3. The average molecular weight is 505 g/mol. The minimum absolute atomic E-state index is 0.0972. The molecule has 2 N–H and O–H groups in total. The molecular weight excluding hydrogens is 478 g/mol. The molecule has 0 aromatic heterocycles. The summed E-state index contributed by atoms with van der Waals surface area (Å²) in [5, 5.41) is 3.17. The molecule has 1 aromatic rings. The van der Waals surface area contributed by atoms with Gasteiger partial charge in [-0.3, -0.25) is 9.69 Å². The summed E-state index contributed by atoms with van der Waals surface area (Å²) in [6, 6.07) is 1.92. The van der Waals surface area contributed by atoms with Gasteiger partial charge in [0.15, 0.2) is 11.6 Å². The molecule has 3 rings (SSSR count). The summed E-state index contributed by atoms with van der Waals surface area (Å²) in [6.07, 6.45) is -5.72. The number of ether oxygens (including phenoxy) is 2. The molecule has 0 radical (unpaired) electrons. The van der Waals surface area contributed by atoms with Crippen LogP contribution < -0.4 is 20.5 Å². The zero-order valence-corrected chi connectivity index (χ0v) is 19.4. The fourth-order valence-electron chi connectivity index (χ4n) is 3.57. The van der Waals surface area contributed by atoms with Crippen LogP contribution in [-0.2, 0) is 14.3 Å². The van der Waals surface area contributed by atoms with Gasteiger partial charge in [0, 0.05) is 31.8 Å². The van der Waals surface area contributed by atoms with Crippen LogP contribution in [0.3, 0.4) is 0 Å². The Morgan fingerprint density at radius 3 is 2.46 bits per heavy atom. The highest BCUT2D eigenvalue weighted by Gasteiger charge is 2.34. The van der Waals surface area contributed by atoms with E-state index in [4.69, 9.17) is 9.47 Å². The van der Waals surface area contributed by atoms with E-state index in [1.54, 1.807) is 20.8 Å². The number of hydrazine groups is 1. The Kier molecular flexibility index (Phi) is 7.93. The van der Waals surface area contributed by atoms with Gasteiger partial charge >= 0.3 is 18.6 Å². The lowest BCUT2D eigenvalue weighted by atomic mass is 10.2. The molecule has 2 heterocycles. The molecule has 1 atom stereocenters. The molecule has 0 bridgehead atoms. The fourth-order valence-corrected chi connectivity index (χ4v) is 3.57. The van der Waals surface area contributed by atoms with Gasteiger partial charge in [-0.2, -0.15) is 8.78 Å². The first-order valence-corrected chi connectivity index (χ1v) is 10.9. The van der Waals surface area contributed by atoms with Crippen molar-refractivity contribution in [2.45, 2.75) is 38.9 Å². The molecule has 194 valence electrons. The van der Waals surface area contributed by atoms with Gasteiger partial charge in [-0.15, -0.1) is 0 Å². The van der Waals surface area contributed by atoms with Crippen molar-refractivity contribution in [3.8, 4) is 0 Å². The lowest BCUT2D eigenvalue weighted by Crippen LogP contribution is -2.46. The van der Waals surface area contributed by atoms with E-state index in [1.807, 2.05) is 5.32 Å². The van der Waals surface area contributed by atoms with E-state index in [-0.39, 0.29) is 50.6 Å². The number of cyclic esters (lactones) is 1. The maximum Gasteiger partial charge on any atom is 0.424 e. The van der Waals surface area contributed by atoms with Crippen LogP contribution in [0.5, 0.6) is 0 Å². The van der Waals surface area contributed by atoms with Gasteiger partial charge in [0.25, 0.3) is 5.91 Å². The Balaban J connectivity index is 1.67. The smallest absolute Gasteiger partial charge is 0.424 e. The molecule has 2 aliphatic heterocycles. The normalized spacial score (nSPS) is 19.0. The van der Waals surface area contributed by atoms with Crippen LogP contribution in [0.15, 0.2) is 12.1 Å². The number of carbonyl (C=O) groups is 3. The summed E-state index contributed by atoms with van der Waals surface area (Å²) >= 11 is 0. The van der Waals surface area contributed by atoms with Gasteiger partial charge in [-0.1, -0.05) is 0 Å². The number of carbonyl (C=O) groups excluding carboxylic acids is 3. The molecule has 35 heavy (non-hydrogen) atoms. The van der Waals surface area contributed by atoms with Crippen molar-refractivity contribution in [1.29, 1.82) is 0 Å². The minimum Gasteiger partial charge on any atom is -0.443 e. The van der Waals surface area contributed by atoms with Crippen LogP contribution in [0.2, 0.25) is 0 Å². The number of hydrogen-bond donors (Lipinski definition) is 2. The minimum atomic E-state index is -3.22. The molecule has 1 aromatic carbocycles. The summed E-state index contributed by atoms with van der Waals surface area (Å²) in [5.74, 6) is -3.39. The van der Waals surface area contributed by atoms with E-state index in [2.05, 4.69) is 5.43 Å². The van der Waals surface area contributed by atoms with Gasteiger partial charge in [-0.05, 0) is 20.8 Å². The molecule has 0 spiro atoms. The highest BCUT2D eigenvalue weighted by molar-refractivity contribution is 5.90. The number of benzene rings is 1. The zero-order valence-electron chi connectivity index (χ0n) is 19.4. The summed E-state index contributed by atoms with van der Waals surface area (Å²) in [5.41, 5.74) is 1.71. The standard InChI is InChI=1S/C21H27F4N5O5/c1-21(2,3)35-20(33)30-7-6-28(5-4-27-30)16-14(22)8-12(9-15(16)23)29-11-13(34-19(29)32)10-26-18(31)17(24)25/h8-9,13,17,27H,4-7,10-11H2,1-3H3,(H,26,31). The number of anilines is 2. The average Bonchev–Trinajstić information content (AvgIpc) is 2.95. The van der Waals surface area contributed by atoms with Crippen LogP contribution in [0.4, 0.5) is 38.5 Å². The maximum atomic E-state index is 15.0. The monoisotopic (exact) mass is 505 g/mol. The molecule has 10 nitrogen and oxygen atoms in total. The molecule has 1 unspecified atom stereocenters. The van der Waals surface area contributed by atoms with Crippen molar-refractivity contribution in [2.75, 3.05) is 49.1 Å². The van der Waals surface area contributed by atoms with Gasteiger partial charge in [0.05, 0.1) is 25.3 Å². The quantitative estimate of drug-likeness (QED) is 0.592. The topological polar surface area (TPSA) is 103 Å². The van der Waals surface area contributed by atoms with Crippen molar-refractivity contribution in [3.05, 3.63) is 23.8 Å². The Morgan fingerprint density at radius 2 is 1.86 bits per heavy atom. The predicted molar refractivity (Wildman–Crippen MR) is 116 cm³/mol. The molecule has 2 fully saturated rings. The van der Waals surface area contributed by atoms with Crippen LogP contribution in [0, 0.1) is 11.6 Å². The second-order valence-electron chi connectivity index (χ2n) is 8.95. The Labute approximate surface area is 199 Å². The SMILES string of the molecule is CC(C)(C)OC(=O)N1CCN(c2c(F)cc(N3CC(CNC(=O)C(F)F)OC3=O)cc2F)CCN1. The second-order valence-corrected chi connectivity index (χ2v) is 8.95. The third-order valence-corrected chi connectivity index (χ3v) is 5.10. The number of alkyl halides is 2. The molecule has 3 amide bonds. The van der Waals surface area contributed by atoms with Gasteiger partial charge in [-0.25, -0.2) is 28.8 Å². The number of hydrogen-bond acceptors (Lipinski definition) is 7. The largest absolute Gasteiger partial charge is 0.443 e. The van der Waals surface area contributed by atoms with Crippen molar-refractivity contribution in [2.24, 2.45) is 0 Å². The summed E-state index contributed by atoms with van der Waals surface area (Å²) in [6.45, 7) is 5.20. The summed E-state index contributed by atoms with van der Waals surface area (Å²) in [4.78, 5) is 37.8. The van der Waals surface area contributed by atoms with Gasteiger partial charge < -0.3 is 19.7 Å². The molecule has 2 aliphatic rings. The first-order chi connectivity index (χ1) is 16.4. The van der Waals surface area contributed by atoms with E-state index in [0.717, 1.165) is 17.0 Å². The lowest BCUT2D eigenvalue weighted by molar-refractivity contribution is -0.132. The third kappa shape index (κ3) is 6.65. The number of halogens is 4. The second kappa shape index (κ2) is 10.5. The maximum absolute atomic E-state index is 15.0.